The molecule has 0 saturated heterocycles. The highest BCUT2D eigenvalue weighted by molar-refractivity contribution is 14.0. The standard InChI is InChI=1S/C18H22FN3O.HI/c1-13-8-14(10-16(9-13)23-3)11-21-18(20-2)22-12-15-6-4-5-7-17(15)19;/h4-10H,11-12H2,1-3H3,(H2,20,21,22);1H. The van der Waals surface area contributed by atoms with Crippen molar-refractivity contribution >= 4 is 29.9 Å². The summed E-state index contributed by atoms with van der Waals surface area (Å²) in [7, 11) is 3.34. The lowest BCUT2D eigenvalue weighted by Crippen LogP contribution is -2.36. The van der Waals surface area contributed by atoms with Crippen LogP contribution in [0.3, 0.4) is 0 Å². The number of methoxy groups -OCH3 is 1. The van der Waals surface area contributed by atoms with E-state index < -0.39 is 0 Å². The van der Waals surface area contributed by atoms with E-state index >= 15 is 0 Å². The zero-order valence-corrected chi connectivity index (χ0v) is 16.4. The van der Waals surface area contributed by atoms with Crippen molar-refractivity contribution in [1.82, 2.24) is 10.6 Å². The summed E-state index contributed by atoms with van der Waals surface area (Å²) in [5.74, 6) is 1.23. The molecule has 2 N–H and O–H groups in total. The summed E-state index contributed by atoms with van der Waals surface area (Å²) in [4.78, 5) is 4.15. The Morgan fingerprint density at radius 3 is 2.50 bits per heavy atom. The fourth-order valence-electron chi connectivity index (χ4n) is 2.27. The van der Waals surface area contributed by atoms with E-state index in [0.717, 1.165) is 16.9 Å². The second-order valence-corrected chi connectivity index (χ2v) is 5.23. The molecule has 0 aliphatic rings. The van der Waals surface area contributed by atoms with Gasteiger partial charge in [-0.3, -0.25) is 4.99 Å². The van der Waals surface area contributed by atoms with Crippen molar-refractivity contribution in [3.63, 3.8) is 0 Å². The van der Waals surface area contributed by atoms with E-state index in [-0.39, 0.29) is 29.8 Å². The molecule has 0 fully saturated rings. The van der Waals surface area contributed by atoms with Gasteiger partial charge in [-0.15, -0.1) is 24.0 Å². The second-order valence-electron chi connectivity index (χ2n) is 5.23. The van der Waals surface area contributed by atoms with Crippen LogP contribution in [0.2, 0.25) is 0 Å². The van der Waals surface area contributed by atoms with E-state index in [1.807, 2.05) is 25.1 Å². The summed E-state index contributed by atoms with van der Waals surface area (Å²) < 4.78 is 18.9. The van der Waals surface area contributed by atoms with Gasteiger partial charge < -0.3 is 15.4 Å². The first-order valence-corrected chi connectivity index (χ1v) is 7.45. The van der Waals surface area contributed by atoms with Crippen LogP contribution in [-0.2, 0) is 13.1 Å². The first-order valence-electron chi connectivity index (χ1n) is 7.45. The molecule has 0 radical (unpaired) electrons. The first kappa shape index (κ1) is 20.2. The molecule has 0 atom stereocenters. The Kier molecular flexibility index (Phi) is 8.53. The van der Waals surface area contributed by atoms with Gasteiger partial charge in [-0.05, 0) is 36.2 Å². The number of nitrogens with one attached hydrogen (secondary N) is 2. The van der Waals surface area contributed by atoms with Gasteiger partial charge in [-0.1, -0.05) is 24.3 Å². The molecule has 4 nitrogen and oxygen atoms in total. The zero-order valence-electron chi connectivity index (χ0n) is 14.1. The number of hydrogen-bond donors (Lipinski definition) is 2. The van der Waals surface area contributed by atoms with Gasteiger partial charge in [0.1, 0.15) is 11.6 Å². The van der Waals surface area contributed by atoms with Crippen LogP contribution < -0.4 is 15.4 Å². The molecular weight excluding hydrogens is 420 g/mol. The minimum absolute atomic E-state index is 0. The van der Waals surface area contributed by atoms with Gasteiger partial charge >= 0.3 is 0 Å². The van der Waals surface area contributed by atoms with Crippen LogP contribution in [0.4, 0.5) is 4.39 Å². The van der Waals surface area contributed by atoms with E-state index in [4.69, 9.17) is 4.74 Å². The van der Waals surface area contributed by atoms with Crippen LogP contribution in [0.5, 0.6) is 5.75 Å². The third-order valence-corrected chi connectivity index (χ3v) is 3.43. The number of guanidine groups is 1. The van der Waals surface area contributed by atoms with Crippen molar-refractivity contribution in [1.29, 1.82) is 0 Å². The van der Waals surface area contributed by atoms with Crippen LogP contribution in [0.25, 0.3) is 0 Å². The molecule has 0 aliphatic heterocycles. The van der Waals surface area contributed by atoms with E-state index in [2.05, 4.69) is 21.7 Å². The minimum atomic E-state index is -0.223. The summed E-state index contributed by atoms with van der Waals surface area (Å²) in [5, 5.41) is 6.32. The van der Waals surface area contributed by atoms with Crippen molar-refractivity contribution in [2.75, 3.05) is 14.2 Å². The lowest BCUT2D eigenvalue weighted by atomic mass is 10.1. The van der Waals surface area contributed by atoms with Crippen molar-refractivity contribution in [3.8, 4) is 5.75 Å². The number of aliphatic imine (C=N–C) groups is 1. The molecule has 0 bridgehead atoms. The van der Waals surface area contributed by atoms with E-state index in [1.54, 1.807) is 26.3 Å². The Morgan fingerprint density at radius 2 is 1.83 bits per heavy atom. The third-order valence-electron chi connectivity index (χ3n) is 3.43. The number of nitrogens with zero attached hydrogens (tertiary/aromatic N) is 1. The molecule has 0 aliphatic carbocycles. The van der Waals surface area contributed by atoms with E-state index in [1.165, 1.54) is 6.07 Å². The summed E-state index contributed by atoms with van der Waals surface area (Å²) in [6.07, 6.45) is 0. The van der Waals surface area contributed by atoms with Gasteiger partial charge in [0.25, 0.3) is 0 Å². The van der Waals surface area contributed by atoms with Crippen molar-refractivity contribution in [3.05, 3.63) is 65.0 Å². The Bertz CT molecular complexity index is 692. The summed E-state index contributed by atoms with van der Waals surface area (Å²) >= 11 is 0. The monoisotopic (exact) mass is 443 g/mol. The number of hydrogen-bond acceptors (Lipinski definition) is 2. The van der Waals surface area contributed by atoms with Crippen LogP contribution >= 0.6 is 24.0 Å². The molecule has 0 heterocycles. The van der Waals surface area contributed by atoms with Crippen molar-refractivity contribution < 1.29 is 9.13 Å². The molecule has 0 spiro atoms. The predicted octanol–water partition coefficient (Wildman–Crippen LogP) is 3.63. The number of rotatable bonds is 5. The van der Waals surface area contributed by atoms with Gasteiger partial charge in [0.05, 0.1) is 7.11 Å². The van der Waals surface area contributed by atoms with Gasteiger partial charge in [-0.25, -0.2) is 4.39 Å². The number of halogens is 2. The van der Waals surface area contributed by atoms with Gasteiger partial charge in [0.15, 0.2) is 5.96 Å². The molecular formula is C18H23FIN3O. The molecule has 2 aromatic carbocycles. The predicted molar refractivity (Wildman–Crippen MR) is 107 cm³/mol. The molecule has 130 valence electrons. The SMILES string of the molecule is CN=C(NCc1cc(C)cc(OC)c1)NCc1ccccc1F.I. The van der Waals surface area contributed by atoms with Gasteiger partial charge in [0, 0.05) is 25.7 Å². The molecule has 0 unspecified atom stereocenters. The average molecular weight is 443 g/mol. The summed E-state index contributed by atoms with van der Waals surface area (Å²) in [6, 6.07) is 12.7. The highest BCUT2D eigenvalue weighted by Gasteiger charge is 2.04. The summed E-state index contributed by atoms with van der Waals surface area (Å²) in [5.41, 5.74) is 2.83. The second kappa shape index (κ2) is 10.1. The molecule has 24 heavy (non-hydrogen) atoms. The fourth-order valence-corrected chi connectivity index (χ4v) is 2.27. The Morgan fingerprint density at radius 1 is 1.12 bits per heavy atom. The van der Waals surface area contributed by atoms with E-state index in [9.17, 15) is 4.39 Å². The number of aryl methyl sites for hydroxylation is 1. The first-order chi connectivity index (χ1) is 11.1. The molecule has 2 rings (SSSR count). The van der Waals surface area contributed by atoms with E-state index in [0.29, 0.717) is 24.6 Å². The van der Waals surface area contributed by atoms with Crippen LogP contribution in [0, 0.1) is 12.7 Å². The third kappa shape index (κ3) is 5.99. The molecule has 6 heteroatoms. The quantitative estimate of drug-likeness (QED) is 0.422. The normalized spacial score (nSPS) is 10.8. The lowest BCUT2D eigenvalue weighted by Gasteiger charge is -2.13. The van der Waals surface area contributed by atoms with Crippen molar-refractivity contribution in [2.45, 2.75) is 20.0 Å². The maximum Gasteiger partial charge on any atom is 0.191 e. The molecule has 0 saturated carbocycles. The number of benzene rings is 2. The number of ether oxygens (including phenoxy) is 1. The minimum Gasteiger partial charge on any atom is -0.497 e. The Balaban J connectivity index is 0.00000288. The lowest BCUT2D eigenvalue weighted by molar-refractivity contribution is 0.414. The topological polar surface area (TPSA) is 45.7 Å². The molecule has 0 aromatic heterocycles. The maximum atomic E-state index is 13.6. The van der Waals surface area contributed by atoms with Gasteiger partial charge in [-0.2, -0.15) is 0 Å². The smallest absolute Gasteiger partial charge is 0.191 e. The van der Waals surface area contributed by atoms with Crippen molar-refractivity contribution in [2.24, 2.45) is 4.99 Å². The van der Waals surface area contributed by atoms with Crippen LogP contribution in [-0.4, -0.2) is 20.1 Å². The van der Waals surface area contributed by atoms with Crippen LogP contribution in [0.1, 0.15) is 16.7 Å². The largest absolute Gasteiger partial charge is 0.497 e. The fraction of sp³-hybridized carbons (Fsp3) is 0.278. The Labute approximate surface area is 159 Å². The highest BCUT2D eigenvalue weighted by Crippen LogP contribution is 2.16. The molecule has 2 aromatic rings. The zero-order chi connectivity index (χ0) is 16.7. The maximum absolute atomic E-state index is 13.6. The summed E-state index contributed by atoms with van der Waals surface area (Å²) in [6.45, 7) is 3.01. The highest BCUT2D eigenvalue weighted by atomic mass is 127. The average Bonchev–Trinajstić information content (AvgIpc) is 2.56. The Hall–Kier alpha value is -1.83. The van der Waals surface area contributed by atoms with Gasteiger partial charge in [0.2, 0.25) is 0 Å². The van der Waals surface area contributed by atoms with Crippen LogP contribution in [0.15, 0.2) is 47.5 Å². The molecule has 0 amide bonds.